The number of aliphatic hydroxyl groups excluding tert-OH is 3. The summed E-state index contributed by atoms with van der Waals surface area (Å²) in [6.45, 7) is 4.16. The van der Waals surface area contributed by atoms with Crippen LogP contribution in [0.2, 0.25) is 0 Å². The molecule has 5 heteroatoms. The molecule has 0 saturated heterocycles. The third-order valence-electron chi connectivity index (χ3n) is 7.08. The number of amides is 1. The summed E-state index contributed by atoms with van der Waals surface area (Å²) in [6.07, 6.45) is 27.5. The Bertz CT molecular complexity index is 497. The van der Waals surface area contributed by atoms with E-state index in [2.05, 4.69) is 25.2 Å². The van der Waals surface area contributed by atoms with Gasteiger partial charge in [0, 0.05) is 0 Å². The van der Waals surface area contributed by atoms with Crippen molar-refractivity contribution in [3.63, 3.8) is 0 Å². The van der Waals surface area contributed by atoms with E-state index in [-0.39, 0.29) is 18.9 Å². The number of rotatable bonds is 27. The van der Waals surface area contributed by atoms with Crippen molar-refractivity contribution in [3.05, 3.63) is 12.2 Å². The zero-order chi connectivity index (χ0) is 26.7. The molecule has 3 atom stereocenters. The zero-order valence-electron chi connectivity index (χ0n) is 23.9. The molecule has 0 radical (unpaired) electrons. The molecular formula is C31H61NO4. The van der Waals surface area contributed by atoms with E-state index in [0.717, 1.165) is 25.7 Å². The second kappa shape index (κ2) is 27.1. The monoisotopic (exact) mass is 511 g/mol. The van der Waals surface area contributed by atoms with Crippen molar-refractivity contribution in [2.75, 3.05) is 6.61 Å². The van der Waals surface area contributed by atoms with E-state index in [1.165, 1.54) is 96.3 Å². The second-order valence-electron chi connectivity index (χ2n) is 10.7. The Hall–Kier alpha value is -0.910. The van der Waals surface area contributed by atoms with E-state index in [9.17, 15) is 20.1 Å². The van der Waals surface area contributed by atoms with Crippen LogP contribution in [0, 0.1) is 0 Å². The van der Waals surface area contributed by atoms with E-state index in [1.54, 1.807) is 0 Å². The Morgan fingerprint density at radius 3 is 1.67 bits per heavy atom. The fourth-order valence-corrected chi connectivity index (χ4v) is 4.64. The molecule has 0 fully saturated rings. The number of aliphatic hydroxyl groups is 3. The van der Waals surface area contributed by atoms with Gasteiger partial charge in [-0.05, 0) is 25.7 Å². The second-order valence-corrected chi connectivity index (χ2v) is 10.7. The van der Waals surface area contributed by atoms with Crippen LogP contribution < -0.4 is 5.32 Å². The van der Waals surface area contributed by atoms with Gasteiger partial charge in [-0.1, -0.05) is 135 Å². The molecule has 0 aliphatic carbocycles. The Kier molecular flexibility index (Phi) is 26.4. The maximum absolute atomic E-state index is 12.2. The molecule has 1 amide bonds. The quantitative estimate of drug-likeness (QED) is 0.0685. The normalized spacial score (nSPS) is 14.2. The minimum Gasteiger partial charge on any atom is -0.394 e. The largest absolute Gasteiger partial charge is 0.394 e. The highest BCUT2D eigenvalue weighted by Crippen LogP contribution is 2.14. The van der Waals surface area contributed by atoms with Gasteiger partial charge in [-0.2, -0.15) is 0 Å². The summed E-state index contributed by atoms with van der Waals surface area (Å²) in [5, 5.41) is 32.8. The highest BCUT2D eigenvalue weighted by atomic mass is 16.3. The van der Waals surface area contributed by atoms with Gasteiger partial charge in [0.1, 0.15) is 0 Å². The summed E-state index contributed by atoms with van der Waals surface area (Å²) in [4.78, 5) is 12.2. The smallest absolute Gasteiger partial charge is 0.222 e. The molecule has 0 saturated carbocycles. The molecule has 3 unspecified atom stereocenters. The van der Waals surface area contributed by atoms with Crippen molar-refractivity contribution in [1.29, 1.82) is 0 Å². The fraction of sp³-hybridized carbons (Fsp3) is 0.903. The van der Waals surface area contributed by atoms with E-state index in [1.807, 2.05) is 6.08 Å². The predicted octanol–water partition coefficient (Wildman–Crippen LogP) is 7.36. The number of carbonyl (C=O) groups is 1. The first-order valence-electron chi connectivity index (χ1n) is 15.5. The first-order chi connectivity index (χ1) is 17.5. The van der Waals surface area contributed by atoms with Gasteiger partial charge < -0.3 is 20.6 Å². The Labute approximate surface area is 223 Å². The lowest BCUT2D eigenvalue weighted by molar-refractivity contribution is -0.125. The van der Waals surface area contributed by atoms with Crippen molar-refractivity contribution in [1.82, 2.24) is 5.32 Å². The molecule has 0 heterocycles. The van der Waals surface area contributed by atoms with Crippen LogP contribution in [0.1, 0.15) is 155 Å². The van der Waals surface area contributed by atoms with Crippen molar-refractivity contribution < 1.29 is 20.1 Å². The summed E-state index contributed by atoms with van der Waals surface area (Å²) >= 11 is 0. The van der Waals surface area contributed by atoms with Gasteiger partial charge in [-0.3, -0.25) is 4.79 Å². The first kappa shape index (κ1) is 35.1. The summed E-state index contributed by atoms with van der Waals surface area (Å²) in [5.74, 6) is -0.321. The van der Waals surface area contributed by atoms with Gasteiger partial charge in [0.2, 0.25) is 5.91 Å². The van der Waals surface area contributed by atoms with Crippen LogP contribution in [0.4, 0.5) is 0 Å². The zero-order valence-corrected chi connectivity index (χ0v) is 23.9. The van der Waals surface area contributed by atoms with Crippen molar-refractivity contribution in [2.45, 2.75) is 173 Å². The highest BCUT2D eigenvalue weighted by molar-refractivity contribution is 5.76. The van der Waals surface area contributed by atoms with Crippen molar-refractivity contribution >= 4 is 5.91 Å². The van der Waals surface area contributed by atoms with Crippen LogP contribution in [0.3, 0.4) is 0 Å². The third kappa shape index (κ3) is 23.5. The lowest BCUT2D eigenvalue weighted by atomic mass is 10.0. The van der Waals surface area contributed by atoms with Crippen molar-refractivity contribution in [3.8, 4) is 0 Å². The molecular weight excluding hydrogens is 450 g/mol. The molecule has 0 spiro atoms. The van der Waals surface area contributed by atoms with Crippen LogP contribution in [0.25, 0.3) is 0 Å². The van der Waals surface area contributed by atoms with Gasteiger partial charge in [0.05, 0.1) is 31.3 Å². The average Bonchev–Trinajstić information content (AvgIpc) is 2.86. The predicted molar refractivity (Wildman–Crippen MR) is 153 cm³/mol. The molecule has 0 rings (SSSR count). The van der Waals surface area contributed by atoms with Gasteiger partial charge in [0.15, 0.2) is 0 Å². The summed E-state index contributed by atoms with van der Waals surface area (Å²) in [5.41, 5.74) is 0. The fourth-order valence-electron chi connectivity index (χ4n) is 4.64. The van der Waals surface area contributed by atoms with E-state index in [0.29, 0.717) is 12.8 Å². The van der Waals surface area contributed by atoms with Gasteiger partial charge >= 0.3 is 0 Å². The molecule has 0 bridgehead atoms. The van der Waals surface area contributed by atoms with Gasteiger partial charge in [-0.25, -0.2) is 0 Å². The van der Waals surface area contributed by atoms with Crippen molar-refractivity contribution in [2.24, 2.45) is 0 Å². The van der Waals surface area contributed by atoms with Crippen LogP contribution in [-0.2, 0) is 4.79 Å². The maximum Gasteiger partial charge on any atom is 0.222 e. The minimum absolute atomic E-state index is 0.0117. The van der Waals surface area contributed by atoms with Crippen LogP contribution in [-0.4, -0.2) is 46.1 Å². The molecule has 0 aliphatic rings. The number of allylic oxidation sites excluding steroid dienone is 1. The Balaban J connectivity index is 3.74. The lowest BCUT2D eigenvalue weighted by Gasteiger charge is -2.23. The summed E-state index contributed by atoms with van der Waals surface area (Å²) < 4.78 is 0. The molecule has 0 aromatic carbocycles. The summed E-state index contributed by atoms with van der Waals surface area (Å²) in [7, 11) is 0. The molecule has 5 nitrogen and oxygen atoms in total. The number of hydrogen-bond acceptors (Lipinski definition) is 4. The van der Waals surface area contributed by atoms with Crippen LogP contribution in [0.5, 0.6) is 0 Å². The topological polar surface area (TPSA) is 89.8 Å². The Morgan fingerprint density at radius 1 is 0.694 bits per heavy atom. The number of hydrogen-bond donors (Lipinski definition) is 4. The van der Waals surface area contributed by atoms with Crippen LogP contribution >= 0.6 is 0 Å². The maximum atomic E-state index is 12.2. The number of unbranched alkanes of at least 4 members (excludes halogenated alkanes) is 17. The third-order valence-corrected chi connectivity index (χ3v) is 7.08. The van der Waals surface area contributed by atoms with Crippen LogP contribution in [0.15, 0.2) is 12.2 Å². The SMILES string of the molecule is CCCCCC/C=C\CC(O)CC(=O)NC(CO)C(O)CCCCCCCCCCCCCCCC. The van der Waals surface area contributed by atoms with E-state index < -0.39 is 18.2 Å². The molecule has 36 heavy (non-hydrogen) atoms. The first-order valence-corrected chi connectivity index (χ1v) is 15.5. The molecule has 0 aromatic rings. The molecule has 214 valence electrons. The number of nitrogens with one attached hydrogen (secondary N) is 1. The standard InChI is InChI=1S/C31H61NO4/c1-3-5-7-9-11-12-13-14-15-16-17-19-21-23-25-30(35)29(27-33)32-31(36)26-28(34)24-22-20-18-10-8-6-4-2/h20,22,28-30,33-35H,3-19,21,23-27H2,1-2H3,(H,32,36)/b22-20-. The average molecular weight is 512 g/mol. The van der Waals surface area contributed by atoms with Gasteiger partial charge in [0.25, 0.3) is 0 Å². The van der Waals surface area contributed by atoms with E-state index >= 15 is 0 Å². The minimum atomic E-state index is -0.753. The lowest BCUT2D eigenvalue weighted by Crippen LogP contribution is -2.46. The summed E-state index contributed by atoms with van der Waals surface area (Å²) in [6, 6.07) is -0.666. The van der Waals surface area contributed by atoms with Gasteiger partial charge in [-0.15, -0.1) is 0 Å². The van der Waals surface area contributed by atoms with E-state index in [4.69, 9.17) is 0 Å². The molecule has 4 N–H and O–H groups in total. The number of carbonyl (C=O) groups excluding carboxylic acids is 1. The highest BCUT2D eigenvalue weighted by Gasteiger charge is 2.21. The molecule has 0 aliphatic heterocycles. The Morgan fingerprint density at radius 2 is 1.17 bits per heavy atom. The molecule has 0 aromatic heterocycles.